The molecule has 12 heteroatoms. The fourth-order valence-electron chi connectivity index (χ4n) is 4.40. The third-order valence-corrected chi connectivity index (χ3v) is 6.15. The Labute approximate surface area is 171 Å². The van der Waals surface area contributed by atoms with Gasteiger partial charge in [0.25, 0.3) is 5.56 Å². The second-order valence-electron chi connectivity index (χ2n) is 8.23. The average Bonchev–Trinajstić information content (AvgIpc) is 3.38. The van der Waals surface area contributed by atoms with Crippen LogP contribution in [0.5, 0.6) is 0 Å². The Balaban J connectivity index is 1.75. The highest BCUT2D eigenvalue weighted by atomic mass is 19.4. The van der Waals surface area contributed by atoms with Crippen LogP contribution in [0.25, 0.3) is 10.9 Å². The number of nitrogens with two attached hydrogens (primary N) is 1. The second-order valence-corrected chi connectivity index (χ2v) is 8.23. The van der Waals surface area contributed by atoms with Gasteiger partial charge in [-0.15, -0.1) is 0 Å². The Morgan fingerprint density at radius 1 is 1.16 bits per heavy atom. The van der Waals surface area contributed by atoms with E-state index in [1.165, 1.54) is 16.4 Å². The molecule has 2 heterocycles. The summed E-state index contributed by atoms with van der Waals surface area (Å²) in [5.41, 5.74) is 4.35. The van der Waals surface area contributed by atoms with Crippen molar-refractivity contribution in [3.63, 3.8) is 0 Å². The normalized spacial score (nSPS) is 21.2. The van der Waals surface area contributed by atoms with Gasteiger partial charge in [0.1, 0.15) is 5.82 Å². The number of fused-ring (bicyclic) bond motifs is 1. The van der Waals surface area contributed by atoms with Gasteiger partial charge in [0, 0.05) is 24.7 Å². The zero-order valence-corrected chi connectivity index (χ0v) is 16.4. The van der Waals surface area contributed by atoms with E-state index in [9.17, 15) is 35.9 Å². The van der Waals surface area contributed by atoms with E-state index < -0.39 is 41.1 Å². The van der Waals surface area contributed by atoms with Crippen molar-refractivity contribution in [2.24, 2.45) is 11.7 Å². The van der Waals surface area contributed by atoms with E-state index in [1.54, 1.807) is 0 Å². The second kappa shape index (κ2) is 7.01. The maximum Gasteiger partial charge on any atom is 0.454 e. The van der Waals surface area contributed by atoms with E-state index in [1.807, 2.05) is 0 Å². The number of nitrogens with one attached hydrogen (secondary N) is 1. The van der Waals surface area contributed by atoms with E-state index in [4.69, 9.17) is 5.73 Å². The van der Waals surface area contributed by atoms with E-state index >= 15 is 0 Å². The van der Waals surface area contributed by atoms with Crippen LogP contribution in [-0.4, -0.2) is 40.8 Å². The van der Waals surface area contributed by atoms with Crippen molar-refractivity contribution in [1.82, 2.24) is 9.55 Å². The number of hydrogen-bond acceptors (Lipinski definition) is 4. The Morgan fingerprint density at radius 3 is 2.39 bits per heavy atom. The maximum absolute atomic E-state index is 15.0. The Kier molecular flexibility index (Phi) is 4.91. The highest BCUT2D eigenvalue weighted by Crippen LogP contribution is 2.43. The molecule has 1 saturated heterocycles. The number of benzene rings is 1. The minimum atomic E-state index is -5.79. The summed E-state index contributed by atoms with van der Waals surface area (Å²) in [4.78, 5) is 28.1. The van der Waals surface area contributed by atoms with Crippen LogP contribution in [-0.2, 0) is 0 Å². The van der Waals surface area contributed by atoms with Crippen LogP contribution >= 0.6 is 0 Å². The number of nitrogens with zero attached hydrogens (tertiary/aromatic N) is 2. The number of aromatic nitrogens is 2. The highest BCUT2D eigenvalue weighted by molar-refractivity contribution is 5.87. The topological polar surface area (TPSA) is 84.1 Å². The van der Waals surface area contributed by atoms with Crippen molar-refractivity contribution in [1.29, 1.82) is 0 Å². The SMILES string of the molecule is Cc1c(N2CCC(C(N)C(F)(F)C(F)(F)F)C2)c(F)cc2c(=O)[nH]c(=O)n(C3CC3)c12. The maximum atomic E-state index is 15.0. The van der Waals surface area contributed by atoms with Crippen LogP contribution in [0.15, 0.2) is 15.7 Å². The molecular weight excluding hydrogens is 430 g/mol. The van der Waals surface area contributed by atoms with Crippen molar-refractivity contribution >= 4 is 16.6 Å². The summed E-state index contributed by atoms with van der Waals surface area (Å²) in [7, 11) is 0. The summed E-state index contributed by atoms with van der Waals surface area (Å²) in [5, 5.41) is -0.0266. The number of aromatic amines is 1. The molecule has 0 radical (unpaired) electrons. The summed E-state index contributed by atoms with van der Waals surface area (Å²) < 4.78 is 81.8. The Bertz CT molecular complexity index is 1150. The van der Waals surface area contributed by atoms with Gasteiger partial charge in [0.05, 0.1) is 22.6 Å². The minimum absolute atomic E-state index is 0.00637. The van der Waals surface area contributed by atoms with Crippen molar-refractivity contribution in [3.8, 4) is 0 Å². The number of rotatable bonds is 4. The molecule has 0 spiro atoms. The van der Waals surface area contributed by atoms with E-state index in [0.717, 1.165) is 6.07 Å². The van der Waals surface area contributed by atoms with Gasteiger partial charge in [0.2, 0.25) is 0 Å². The van der Waals surface area contributed by atoms with Gasteiger partial charge < -0.3 is 10.6 Å². The molecule has 2 unspecified atom stereocenters. The standard InChI is InChI=1S/C19H20F6N4O2/c1-8-13-11(16(30)27-17(31)29(13)10-2-3-10)6-12(20)14(8)28-5-4-9(7-28)15(26)18(21,22)19(23,24)25/h6,9-10,15H,2-5,7,26H2,1H3,(H,27,30,31). The molecule has 0 bridgehead atoms. The first-order valence-corrected chi connectivity index (χ1v) is 9.77. The summed E-state index contributed by atoms with van der Waals surface area (Å²) >= 11 is 0. The van der Waals surface area contributed by atoms with E-state index in [0.29, 0.717) is 12.8 Å². The quantitative estimate of drug-likeness (QED) is 0.702. The number of anilines is 1. The van der Waals surface area contributed by atoms with Crippen LogP contribution in [0, 0.1) is 18.7 Å². The molecule has 4 rings (SSSR count). The molecule has 1 aliphatic heterocycles. The first kappa shape index (κ1) is 21.7. The smallest absolute Gasteiger partial charge is 0.369 e. The third kappa shape index (κ3) is 3.40. The third-order valence-electron chi connectivity index (χ3n) is 6.15. The van der Waals surface area contributed by atoms with Crippen molar-refractivity contribution in [2.45, 2.75) is 50.4 Å². The van der Waals surface area contributed by atoms with Crippen molar-refractivity contribution < 1.29 is 26.3 Å². The fraction of sp³-hybridized carbons (Fsp3) is 0.579. The first-order chi connectivity index (χ1) is 14.3. The monoisotopic (exact) mass is 450 g/mol. The van der Waals surface area contributed by atoms with Gasteiger partial charge in [-0.05, 0) is 38.2 Å². The lowest BCUT2D eigenvalue weighted by atomic mass is 9.94. The molecule has 0 amide bonds. The van der Waals surface area contributed by atoms with Gasteiger partial charge in [-0.25, -0.2) is 9.18 Å². The molecule has 170 valence electrons. The fourth-order valence-corrected chi connectivity index (χ4v) is 4.40. The van der Waals surface area contributed by atoms with E-state index in [-0.39, 0.29) is 47.7 Å². The molecule has 2 atom stereocenters. The molecule has 2 aliphatic rings. The molecule has 2 fully saturated rings. The summed E-state index contributed by atoms with van der Waals surface area (Å²) in [5.74, 6) is -7.13. The molecule has 3 N–H and O–H groups in total. The molecule has 31 heavy (non-hydrogen) atoms. The van der Waals surface area contributed by atoms with Crippen molar-refractivity contribution in [2.75, 3.05) is 18.0 Å². The summed E-state index contributed by atoms with van der Waals surface area (Å²) in [6.45, 7) is 1.19. The zero-order valence-electron chi connectivity index (χ0n) is 16.4. The average molecular weight is 450 g/mol. The highest BCUT2D eigenvalue weighted by Gasteiger charge is 2.63. The molecule has 6 nitrogen and oxygen atoms in total. The van der Waals surface area contributed by atoms with Gasteiger partial charge >= 0.3 is 17.8 Å². The first-order valence-electron chi connectivity index (χ1n) is 9.77. The summed E-state index contributed by atoms with van der Waals surface area (Å²) in [6, 6.07) is -1.66. The molecule has 2 aromatic rings. The lowest BCUT2D eigenvalue weighted by Crippen LogP contribution is -2.55. The number of aryl methyl sites for hydroxylation is 1. The predicted molar refractivity (Wildman–Crippen MR) is 101 cm³/mol. The van der Waals surface area contributed by atoms with Crippen LogP contribution in [0.1, 0.15) is 30.9 Å². The van der Waals surface area contributed by atoms with Gasteiger partial charge in [-0.3, -0.25) is 14.3 Å². The molecule has 1 aromatic heterocycles. The number of alkyl halides is 5. The van der Waals surface area contributed by atoms with Crippen molar-refractivity contribution in [3.05, 3.63) is 38.3 Å². The Hall–Kier alpha value is -2.50. The van der Waals surface area contributed by atoms with Crippen LogP contribution in [0.3, 0.4) is 0 Å². The minimum Gasteiger partial charge on any atom is -0.369 e. The zero-order chi connectivity index (χ0) is 22.9. The van der Waals surface area contributed by atoms with Crippen LogP contribution in [0.2, 0.25) is 0 Å². The van der Waals surface area contributed by atoms with Crippen LogP contribution < -0.4 is 21.9 Å². The van der Waals surface area contributed by atoms with E-state index in [2.05, 4.69) is 4.98 Å². The summed E-state index contributed by atoms with van der Waals surface area (Å²) in [6.07, 6.45) is -4.46. The Morgan fingerprint density at radius 2 is 1.81 bits per heavy atom. The molecule has 1 aromatic carbocycles. The number of H-pyrrole nitrogens is 1. The largest absolute Gasteiger partial charge is 0.454 e. The molecule has 1 aliphatic carbocycles. The molecule has 1 saturated carbocycles. The van der Waals surface area contributed by atoms with Gasteiger partial charge in [-0.2, -0.15) is 22.0 Å². The van der Waals surface area contributed by atoms with Gasteiger partial charge in [0.15, 0.2) is 0 Å². The number of halogens is 6. The lowest BCUT2D eigenvalue weighted by Gasteiger charge is -2.30. The van der Waals surface area contributed by atoms with Crippen LogP contribution in [0.4, 0.5) is 32.0 Å². The van der Waals surface area contributed by atoms with Gasteiger partial charge in [-0.1, -0.05) is 0 Å². The molecular formula is C19H20F6N4O2. The predicted octanol–water partition coefficient (Wildman–Crippen LogP) is 2.82. The number of hydrogen-bond donors (Lipinski definition) is 2. The lowest BCUT2D eigenvalue weighted by molar-refractivity contribution is -0.293.